The molecular formula is C21H28N2O4S. The fraction of sp³-hybridized carbons (Fsp3) is 0.524. The summed E-state index contributed by atoms with van der Waals surface area (Å²) in [6.07, 6.45) is 7.41. The zero-order valence-corrected chi connectivity index (χ0v) is 17.4. The second-order valence-electron chi connectivity index (χ2n) is 7.82. The van der Waals surface area contributed by atoms with Gasteiger partial charge in [-0.1, -0.05) is 36.8 Å². The second kappa shape index (κ2) is 8.47. The van der Waals surface area contributed by atoms with Crippen LogP contribution in [0, 0.1) is 30.6 Å². The Kier molecular flexibility index (Phi) is 6.23. The highest BCUT2D eigenvalue weighted by Crippen LogP contribution is 2.42. The molecule has 0 spiro atoms. The predicted octanol–water partition coefficient (Wildman–Crippen LogP) is 3.43. The second-order valence-corrected chi connectivity index (χ2v) is 9.48. The summed E-state index contributed by atoms with van der Waals surface area (Å²) in [7, 11) is -2.34. The van der Waals surface area contributed by atoms with E-state index in [0.29, 0.717) is 5.92 Å². The van der Waals surface area contributed by atoms with Crippen molar-refractivity contribution in [2.24, 2.45) is 28.8 Å². The zero-order chi connectivity index (χ0) is 20.3. The number of nitrogens with one attached hydrogen (secondary N) is 1. The fourth-order valence-electron chi connectivity index (χ4n) is 4.28. The molecular weight excluding hydrogens is 376 g/mol. The van der Waals surface area contributed by atoms with Crippen molar-refractivity contribution in [3.63, 3.8) is 0 Å². The number of carbonyl (C=O) groups is 1. The standard InChI is InChI=1S/C21H28N2O4S/c1-14-7-11-18(12-8-14)28(25,26)23-22-21-15(2)9-10-16-5-4-6-17(20(16)21)13-19(24)27-3/h4,6-8,11-12,15-17,20,23H,5,9-10,13H2,1-3H3/b22-21+/t15-,16+,17-,20+/m0/s1. The molecule has 0 amide bonds. The lowest BCUT2D eigenvalue weighted by Gasteiger charge is -2.41. The van der Waals surface area contributed by atoms with Crippen LogP contribution in [0.5, 0.6) is 0 Å². The van der Waals surface area contributed by atoms with E-state index in [1.165, 1.54) is 7.11 Å². The van der Waals surface area contributed by atoms with Crippen LogP contribution < -0.4 is 4.83 Å². The highest BCUT2D eigenvalue weighted by atomic mass is 32.2. The van der Waals surface area contributed by atoms with Crippen LogP contribution in [-0.2, 0) is 19.6 Å². The van der Waals surface area contributed by atoms with Crippen molar-refractivity contribution in [3.05, 3.63) is 42.0 Å². The molecule has 2 aliphatic carbocycles. The van der Waals surface area contributed by atoms with Crippen LogP contribution in [0.15, 0.2) is 46.4 Å². The Morgan fingerprint density at radius 2 is 1.96 bits per heavy atom. The van der Waals surface area contributed by atoms with Gasteiger partial charge in [0.25, 0.3) is 10.0 Å². The van der Waals surface area contributed by atoms with Gasteiger partial charge in [0.1, 0.15) is 0 Å². The number of hydrogen-bond acceptors (Lipinski definition) is 5. The monoisotopic (exact) mass is 404 g/mol. The summed E-state index contributed by atoms with van der Waals surface area (Å²) in [5.74, 6) is 0.311. The van der Waals surface area contributed by atoms with E-state index in [0.717, 1.165) is 30.5 Å². The number of ether oxygens (including phenoxy) is 1. The van der Waals surface area contributed by atoms with Gasteiger partial charge in [0.05, 0.1) is 18.4 Å². The van der Waals surface area contributed by atoms with Gasteiger partial charge in [-0.05, 0) is 56.1 Å². The van der Waals surface area contributed by atoms with Gasteiger partial charge in [-0.25, -0.2) is 4.83 Å². The van der Waals surface area contributed by atoms with E-state index >= 15 is 0 Å². The first-order chi connectivity index (χ1) is 13.3. The number of nitrogens with zero attached hydrogens (tertiary/aromatic N) is 1. The Hall–Kier alpha value is -2.15. The average Bonchev–Trinajstić information content (AvgIpc) is 2.67. The normalized spacial score (nSPS) is 28.6. The molecule has 1 fully saturated rings. The minimum atomic E-state index is -3.73. The van der Waals surface area contributed by atoms with Gasteiger partial charge < -0.3 is 4.74 Å². The number of carbonyl (C=O) groups excluding carboxylic acids is 1. The first-order valence-electron chi connectivity index (χ1n) is 9.71. The maximum atomic E-state index is 12.7. The molecule has 0 heterocycles. The lowest BCUT2D eigenvalue weighted by atomic mass is 9.63. The van der Waals surface area contributed by atoms with E-state index < -0.39 is 10.0 Å². The molecule has 0 bridgehead atoms. The van der Waals surface area contributed by atoms with Crippen molar-refractivity contribution < 1.29 is 17.9 Å². The van der Waals surface area contributed by atoms with Gasteiger partial charge in [0, 0.05) is 11.6 Å². The number of aryl methyl sites for hydroxylation is 1. The van der Waals surface area contributed by atoms with Crippen molar-refractivity contribution in [2.45, 2.75) is 44.4 Å². The number of esters is 1. The quantitative estimate of drug-likeness (QED) is 0.463. The first-order valence-corrected chi connectivity index (χ1v) is 11.2. The number of fused-ring (bicyclic) bond motifs is 1. The summed E-state index contributed by atoms with van der Waals surface area (Å²) < 4.78 is 30.2. The fourth-order valence-corrected chi connectivity index (χ4v) is 5.11. The summed E-state index contributed by atoms with van der Waals surface area (Å²) in [4.78, 5) is 14.5. The Morgan fingerprint density at radius 1 is 1.25 bits per heavy atom. The lowest BCUT2D eigenvalue weighted by Crippen LogP contribution is -2.42. The number of allylic oxidation sites excluding steroid dienone is 2. The van der Waals surface area contributed by atoms with E-state index in [9.17, 15) is 13.2 Å². The lowest BCUT2D eigenvalue weighted by molar-refractivity contribution is -0.141. The van der Waals surface area contributed by atoms with Crippen LogP contribution >= 0.6 is 0 Å². The molecule has 0 radical (unpaired) electrons. The molecule has 3 rings (SSSR count). The van der Waals surface area contributed by atoms with E-state index in [1.807, 2.05) is 6.92 Å². The number of hydrazone groups is 1. The van der Waals surface area contributed by atoms with E-state index in [2.05, 4.69) is 29.0 Å². The maximum Gasteiger partial charge on any atom is 0.306 e. The van der Waals surface area contributed by atoms with Gasteiger partial charge in [-0.15, -0.1) is 0 Å². The molecule has 1 N–H and O–H groups in total. The van der Waals surface area contributed by atoms with Gasteiger partial charge in [-0.3, -0.25) is 4.79 Å². The summed E-state index contributed by atoms with van der Waals surface area (Å²) >= 11 is 0. The molecule has 152 valence electrons. The molecule has 2 aliphatic rings. The smallest absolute Gasteiger partial charge is 0.306 e. The Labute approximate surface area is 167 Å². The van der Waals surface area contributed by atoms with Crippen molar-refractivity contribution in [3.8, 4) is 0 Å². The zero-order valence-electron chi connectivity index (χ0n) is 16.6. The number of benzene rings is 1. The van der Waals surface area contributed by atoms with Crippen molar-refractivity contribution in [1.82, 2.24) is 4.83 Å². The highest BCUT2D eigenvalue weighted by molar-refractivity contribution is 7.89. The van der Waals surface area contributed by atoms with Crippen LogP contribution in [0.1, 0.15) is 38.2 Å². The van der Waals surface area contributed by atoms with Crippen LogP contribution in [0.4, 0.5) is 0 Å². The third-order valence-corrected chi connectivity index (χ3v) is 7.09. The van der Waals surface area contributed by atoms with Crippen LogP contribution in [-0.4, -0.2) is 27.2 Å². The summed E-state index contributed by atoms with van der Waals surface area (Å²) in [5.41, 5.74) is 1.83. The van der Waals surface area contributed by atoms with Crippen molar-refractivity contribution in [1.29, 1.82) is 0 Å². The SMILES string of the molecule is COC(=O)C[C@@H]1C=CC[C@@H]2CC[C@H](C)/C(=N\NS(=O)(=O)c3ccc(C)cc3)[C@H]21. The van der Waals surface area contributed by atoms with Crippen molar-refractivity contribution in [2.75, 3.05) is 7.11 Å². The van der Waals surface area contributed by atoms with Gasteiger partial charge >= 0.3 is 5.97 Å². The number of hydrogen-bond donors (Lipinski definition) is 1. The van der Waals surface area contributed by atoms with Crippen molar-refractivity contribution >= 4 is 21.7 Å². The Morgan fingerprint density at radius 3 is 2.64 bits per heavy atom. The molecule has 0 unspecified atom stereocenters. The number of sulfonamides is 1. The van der Waals surface area contributed by atoms with Crippen LogP contribution in [0.25, 0.3) is 0 Å². The van der Waals surface area contributed by atoms with Gasteiger partial charge in [0.2, 0.25) is 0 Å². The third-order valence-electron chi connectivity index (χ3n) is 5.86. The summed E-state index contributed by atoms with van der Waals surface area (Å²) in [6.45, 7) is 3.98. The first kappa shape index (κ1) is 20.6. The Bertz CT molecular complexity index is 874. The molecule has 1 saturated carbocycles. The average molecular weight is 405 g/mol. The largest absolute Gasteiger partial charge is 0.469 e. The minimum absolute atomic E-state index is 0.0171. The molecule has 6 nitrogen and oxygen atoms in total. The highest BCUT2D eigenvalue weighted by Gasteiger charge is 2.40. The maximum absolute atomic E-state index is 12.7. The minimum Gasteiger partial charge on any atom is -0.469 e. The molecule has 0 aromatic heterocycles. The molecule has 7 heteroatoms. The van der Waals surface area contributed by atoms with Crippen LogP contribution in [0.3, 0.4) is 0 Å². The molecule has 0 saturated heterocycles. The molecule has 0 aliphatic heterocycles. The van der Waals surface area contributed by atoms with Crippen LogP contribution in [0.2, 0.25) is 0 Å². The molecule has 1 aromatic carbocycles. The number of methoxy groups -OCH3 is 1. The van der Waals surface area contributed by atoms with E-state index in [1.54, 1.807) is 24.3 Å². The Balaban J connectivity index is 1.87. The number of rotatable bonds is 5. The van der Waals surface area contributed by atoms with E-state index in [-0.39, 0.29) is 35.0 Å². The summed E-state index contributed by atoms with van der Waals surface area (Å²) in [6, 6.07) is 6.68. The third kappa shape index (κ3) is 4.46. The predicted molar refractivity (Wildman–Crippen MR) is 108 cm³/mol. The summed E-state index contributed by atoms with van der Waals surface area (Å²) in [5, 5.41) is 4.40. The van der Waals surface area contributed by atoms with Gasteiger partial charge in [0.15, 0.2) is 0 Å². The molecule has 1 aromatic rings. The molecule has 28 heavy (non-hydrogen) atoms. The molecule has 4 atom stereocenters. The topological polar surface area (TPSA) is 84.8 Å². The van der Waals surface area contributed by atoms with E-state index in [4.69, 9.17) is 4.74 Å². The van der Waals surface area contributed by atoms with Gasteiger partial charge in [-0.2, -0.15) is 13.5 Å².